The molecule has 218 valence electrons. The van der Waals surface area contributed by atoms with Crippen molar-refractivity contribution < 1.29 is 36.3 Å². The number of furan rings is 1. The van der Waals surface area contributed by atoms with Crippen molar-refractivity contribution in [3.63, 3.8) is 0 Å². The van der Waals surface area contributed by atoms with Gasteiger partial charge >= 0.3 is 6.18 Å². The van der Waals surface area contributed by atoms with E-state index in [-0.39, 0.29) is 45.1 Å². The van der Waals surface area contributed by atoms with Gasteiger partial charge in [0.1, 0.15) is 17.3 Å². The summed E-state index contributed by atoms with van der Waals surface area (Å²) < 4.78 is 65.0. The van der Waals surface area contributed by atoms with Crippen molar-refractivity contribution >= 4 is 22.9 Å². The van der Waals surface area contributed by atoms with Crippen molar-refractivity contribution in [1.29, 1.82) is 0 Å². The van der Waals surface area contributed by atoms with E-state index in [2.05, 4.69) is 15.6 Å². The molecule has 3 aliphatic rings. The van der Waals surface area contributed by atoms with Crippen LogP contribution in [0.3, 0.4) is 0 Å². The highest BCUT2D eigenvalue weighted by Gasteiger charge is 2.57. The highest BCUT2D eigenvalue weighted by atomic mass is 19.4. The molecule has 11 heteroatoms. The summed E-state index contributed by atoms with van der Waals surface area (Å²) in [5.74, 6) is -0.259. The third-order valence-electron chi connectivity index (χ3n) is 8.14. The van der Waals surface area contributed by atoms with Crippen LogP contribution in [0.2, 0.25) is 0 Å². The first-order chi connectivity index (χ1) is 20.0. The Kier molecular flexibility index (Phi) is 6.70. The second-order valence-electron chi connectivity index (χ2n) is 11.0. The zero-order chi connectivity index (χ0) is 29.8. The minimum atomic E-state index is -4.45. The zero-order valence-electron chi connectivity index (χ0n) is 22.8. The Labute approximate surface area is 238 Å². The summed E-state index contributed by atoms with van der Waals surface area (Å²) in [6.45, 7) is 0. The molecule has 0 atom stereocenters. The molecule has 0 spiro atoms. The van der Waals surface area contributed by atoms with E-state index in [1.54, 1.807) is 24.3 Å². The molecule has 2 heterocycles. The number of nitrogens with one attached hydrogen (secondary N) is 2. The summed E-state index contributed by atoms with van der Waals surface area (Å²) >= 11 is 0. The Morgan fingerprint density at radius 1 is 1.05 bits per heavy atom. The lowest BCUT2D eigenvalue weighted by Gasteiger charge is -2.61. The normalized spacial score (nSPS) is 19.1. The summed E-state index contributed by atoms with van der Waals surface area (Å²) in [6.07, 6.45) is -3.25. The van der Waals surface area contributed by atoms with E-state index in [0.29, 0.717) is 28.4 Å². The maximum Gasteiger partial charge on any atom is 0.389 e. The number of benzene rings is 2. The number of aryl methyl sites for hydroxylation is 1. The summed E-state index contributed by atoms with van der Waals surface area (Å²) in [7, 11) is 2.87. The predicted octanol–water partition coefficient (Wildman–Crippen LogP) is 6.45. The van der Waals surface area contributed by atoms with Crippen LogP contribution in [0.25, 0.3) is 33.6 Å². The van der Waals surface area contributed by atoms with Crippen molar-refractivity contribution in [2.45, 2.75) is 43.8 Å². The third-order valence-corrected chi connectivity index (χ3v) is 8.14. The predicted molar refractivity (Wildman–Crippen MR) is 147 cm³/mol. The van der Waals surface area contributed by atoms with Crippen molar-refractivity contribution in [3.05, 3.63) is 71.2 Å². The molecule has 0 unspecified atom stereocenters. The van der Waals surface area contributed by atoms with Crippen LogP contribution in [0.15, 0.2) is 52.9 Å². The SMILES string of the molecule is CNC(=O)c1c(-c2ccc(F)cc2)oc2nc(CCC(F)(F)F)c(-c3ccc(OC)c(C(=O)NC45CC(C4)C5)c3)cc12. The second-order valence-corrected chi connectivity index (χ2v) is 11.0. The molecular weight excluding hydrogens is 554 g/mol. The molecule has 42 heavy (non-hydrogen) atoms. The van der Waals surface area contributed by atoms with E-state index in [1.807, 2.05) is 0 Å². The molecule has 2 bridgehead atoms. The van der Waals surface area contributed by atoms with Gasteiger partial charge in [0, 0.05) is 30.1 Å². The molecule has 4 aromatic rings. The minimum Gasteiger partial charge on any atom is -0.496 e. The van der Waals surface area contributed by atoms with Crippen LogP contribution in [0.5, 0.6) is 5.75 Å². The van der Waals surface area contributed by atoms with E-state index in [4.69, 9.17) is 9.15 Å². The monoisotopic (exact) mass is 581 g/mol. The largest absolute Gasteiger partial charge is 0.496 e. The quantitative estimate of drug-likeness (QED) is 0.234. The molecule has 2 aromatic carbocycles. The van der Waals surface area contributed by atoms with Gasteiger partial charge < -0.3 is 19.8 Å². The Morgan fingerprint density at radius 2 is 1.74 bits per heavy atom. The van der Waals surface area contributed by atoms with Crippen molar-refractivity contribution in [3.8, 4) is 28.2 Å². The van der Waals surface area contributed by atoms with Gasteiger partial charge in [0.15, 0.2) is 0 Å². The lowest BCUT2D eigenvalue weighted by Crippen LogP contribution is -2.68. The van der Waals surface area contributed by atoms with Gasteiger partial charge in [0.05, 0.1) is 29.3 Å². The number of rotatable bonds is 8. The van der Waals surface area contributed by atoms with Gasteiger partial charge in [-0.1, -0.05) is 6.07 Å². The maximum atomic E-state index is 13.6. The van der Waals surface area contributed by atoms with Gasteiger partial charge in [-0.2, -0.15) is 13.2 Å². The molecular formula is C31H27F4N3O4. The fourth-order valence-corrected chi connectivity index (χ4v) is 5.91. The van der Waals surface area contributed by atoms with Crippen LogP contribution >= 0.6 is 0 Å². The molecule has 3 fully saturated rings. The number of carbonyl (C=O) groups is 2. The number of aromatic nitrogens is 1. The maximum absolute atomic E-state index is 13.6. The zero-order valence-corrected chi connectivity index (χ0v) is 22.8. The van der Waals surface area contributed by atoms with Crippen molar-refractivity contribution in [1.82, 2.24) is 15.6 Å². The fraction of sp³-hybridized carbons (Fsp3) is 0.323. The first kappa shape index (κ1) is 27.7. The molecule has 0 saturated heterocycles. The minimum absolute atomic E-state index is 0.0380. The first-order valence-corrected chi connectivity index (χ1v) is 13.5. The first-order valence-electron chi connectivity index (χ1n) is 13.5. The average molecular weight is 582 g/mol. The number of hydrogen-bond donors (Lipinski definition) is 2. The molecule has 2 aromatic heterocycles. The molecule has 2 amide bonds. The summed E-state index contributed by atoms with van der Waals surface area (Å²) in [4.78, 5) is 30.8. The molecule has 7 nitrogen and oxygen atoms in total. The summed E-state index contributed by atoms with van der Waals surface area (Å²) in [6, 6.07) is 11.6. The molecule has 2 N–H and O–H groups in total. The number of methoxy groups -OCH3 is 1. The van der Waals surface area contributed by atoms with Gasteiger partial charge in [0.2, 0.25) is 5.71 Å². The van der Waals surface area contributed by atoms with Gasteiger partial charge in [0.25, 0.3) is 11.8 Å². The van der Waals surface area contributed by atoms with E-state index >= 15 is 0 Å². The molecule has 0 radical (unpaired) electrons. The number of amides is 2. The van der Waals surface area contributed by atoms with Gasteiger partial charge in [-0.25, -0.2) is 9.37 Å². The topological polar surface area (TPSA) is 93.5 Å². The van der Waals surface area contributed by atoms with Crippen LogP contribution in [0, 0.1) is 11.7 Å². The Bertz CT molecular complexity index is 1700. The highest BCUT2D eigenvalue weighted by molar-refractivity contribution is 6.11. The number of fused-ring (bicyclic) bond motifs is 1. The molecule has 7 rings (SSSR count). The second kappa shape index (κ2) is 10.1. The van der Waals surface area contributed by atoms with Gasteiger partial charge in [-0.05, 0) is 79.6 Å². The van der Waals surface area contributed by atoms with Crippen LogP contribution in [-0.4, -0.2) is 42.7 Å². The molecule has 3 saturated carbocycles. The number of nitrogens with zero attached hydrogens (tertiary/aromatic N) is 1. The van der Waals surface area contributed by atoms with Crippen LogP contribution in [-0.2, 0) is 6.42 Å². The molecule has 0 aliphatic heterocycles. The summed E-state index contributed by atoms with van der Waals surface area (Å²) in [5, 5.41) is 5.91. The van der Waals surface area contributed by atoms with Gasteiger partial charge in [-0.15, -0.1) is 0 Å². The van der Waals surface area contributed by atoms with E-state index < -0.39 is 30.7 Å². The van der Waals surface area contributed by atoms with Crippen LogP contribution in [0.4, 0.5) is 17.6 Å². The van der Waals surface area contributed by atoms with Crippen LogP contribution in [0.1, 0.15) is 52.1 Å². The average Bonchev–Trinajstić information content (AvgIpc) is 3.30. The molecule has 3 aliphatic carbocycles. The number of ether oxygens (including phenoxy) is 1. The summed E-state index contributed by atoms with van der Waals surface area (Å²) in [5.41, 5.74) is 1.32. The van der Waals surface area contributed by atoms with Crippen molar-refractivity contribution in [2.75, 3.05) is 14.2 Å². The number of hydrogen-bond acceptors (Lipinski definition) is 5. The lowest BCUT2D eigenvalue weighted by atomic mass is 9.50. The van der Waals surface area contributed by atoms with Crippen LogP contribution < -0.4 is 15.4 Å². The van der Waals surface area contributed by atoms with E-state index in [0.717, 1.165) is 19.3 Å². The van der Waals surface area contributed by atoms with Crippen molar-refractivity contribution in [2.24, 2.45) is 5.92 Å². The third kappa shape index (κ3) is 4.97. The smallest absolute Gasteiger partial charge is 0.389 e. The number of halogens is 4. The highest BCUT2D eigenvalue weighted by Crippen LogP contribution is 2.57. The standard InChI is InChI=1S/C31H27F4N3O4/c1-36-28(40)25-22-12-20(18-5-8-24(41-2)21(11-18)27(39)38-30-13-16(14-30)15-30)23(9-10-31(33,34)35)37-29(22)42-26(25)17-3-6-19(32)7-4-17/h3-8,11-12,16H,9-10,13-15H2,1-2H3,(H,36,40)(H,38,39). The van der Waals surface area contributed by atoms with E-state index in [9.17, 15) is 27.2 Å². The van der Waals surface area contributed by atoms with Gasteiger partial charge in [-0.3, -0.25) is 9.59 Å². The van der Waals surface area contributed by atoms with E-state index in [1.165, 1.54) is 38.4 Å². The number of carbonyl (C=O) groups excluding carboxylic acids is 2. The Hall–Kier alpha value is -4.41. The Balaban J connectivity index is 1.51. The number of alkyl halides is 3. The Morgan fingerprint density at radius 3 is 2.33 bits per heavy atom. The lowest BCUT2D eigenvalue weighted by molar-refractivity contribution is -0.134. The fourth-order valence-electron chi connectivity index (χ4n) is 5.91. The number of pyridine rings is 1.